The van der Waals surface area contributed by atoms with Gasteiger partial charge in [-0.3, -0.25) is 14.2 Å². The SMILES string of the molecule is CC(=O)Nc1cccc(-n2cnnc2SCC(=O)N(C)Cc2c(F)cccc2Cl)c1. The first kappa shape index (κ1) is 21.8. The Morgan fingerprint density at radius 3 is 2.77 bits per heavy atom. The molecule has 0 saturated heterocycles. The normalized spacial score (nSPS) is 10.7. The first-order chi connectivity index (χ1) is 14.3. The van der Waals surface area contributed by atoms with E-state index in [-0.39, 0.29) is 34.7 Å². The molecule has 1 aromatic heterocycles. The lowest BCUT2D eigenvalue weighted by Crippen LogP contribution is -2.28. The first-order valence-electron chi connectivity index (χ1n) is 8.93. The third-order valence-electron chi connectivity index (χ3n) is 4.17. The van der Waals surface area contributed by atoms with Crippen molar-refractivity contribution in [2.75, 3.05) is 18.1 Å². The Morgan fingerprint density at radius 2 is 2.03 bits per heavy atom. The number of benzene rings is 2. The highest BCUT2D eigenvalue weighted by atomic mass is 35.5. The maximum atomic E-state index is 14.0. The third kappa shape index (κ3) is 5.37. The second kappa shape index (κ2) is 9.73. The predicted octanol–water partition coefficient (Wildman–Crippen LogP) is 3.77. The minimum atomic E-state index is -0.450. The number of carbonyl (C=O) groups excluding carboxylic acids is 2. The van der Waals surface area contributed by atoms with Crippen LogP contribution in [0.5, 0.6) is 0 Å². The molecule has 0 spiro atoms. The standard InChI is InChI=1S/C20H19ClFN5O2S/c1-13(28)24-14-5-3-6-15(9-14)27-12-23-25-20(27)30-11-19(29)26(2)10-16-17(21)7-4-8-18(16)22/h3-9,12H,10-11H2,1-2H3,(H,24,28). The van der Waals surface area contributed by atoms with Crippen LogP contribution in [0, 0.1) is 5.82 Å². The Kier molecular flexibility index (Phi) is 7.07. The quantitative estimate of drug-likeness (QED) is 0.558. The van der Waals surface area contributed by atoms with E-state index in [1.54, 1.807) is 35.9 Å². The fourth-order valence-electron chi connectivity index (χ4n) is 2.68. The molecule has 0 unspecified atom stereocenters. The Morgan fingerprint density at radius 1 is 1.27 bits per heavy atom. The summed E-state index contributed by atoms with van der Waals surface area (Å²) in [4.78, 5) is 25.2. The zero-order valence-corrected chi connectivity index (χ0v) is 17.9. The van der Waals surface area contributed by atoms with Crippen LogP contribution < -0.4 is 5.32 Å². The van der Waals surface area contributed by atoms with Gasteiger partial charge in [-0.05, 0) is 30.3 Å². The third-order valence-corrected chi connectivity index (χ3v) is 5.45. The van der Waals surface area contributed by atoms with Crippen molar-refractivity contribution in [1.29, 1.82) is 0 Å². The summed E-state index contributed by atoms with van der Waals surface area (Å²) >= 11 is 7.25. The van der Waals surface area contributed by atoms with E-state index in [0.717, 1.165) is 5.69 Å². The van der Waals surface area contributed by atoms with Gasteiger partial charge in [0.2, 0.25) is 11.8 Å². The molecule has 156 valence electrons. The largest absolute Gasteiger partial charge is 0.341 e. The van der Waals surface area contributed by atoms with E-state index in [2.05, 4.69) is 15.5 Å². The van der Waals surface area contributed by atoms with Crippen LogP contribution in [-0.4, -0.2) is 44.3 Å². The molecule has 7 nitrogen and oxygen atoms in total. The molecule has 0 aliphatic heterocycles. The lowest BCUT2D eigenvalue weighted by molar-refractivity contribution is -0.127. The number of aromatic nitrogens is 3. The van der Waals surface area contributed by atoms with Crippen LogP contribution in [0.2, 0.25) is 5.02 Å². The number of rotatable bonds is 7. The van der Waals surface area contributed by atoms with Gasteiger partial charge in [0.15, 0.2) is 5.16 Å². The molecule has 2 amide bonds. The maximum Gasteiger partial charge on any atom is 0.233 e. The molecule has 0 aliphatic rings. The number of hydrogen-bond acceptors (Lipinski definition) is 5. The van der Waals surface area contributed by atoms with E-state index >= 15 is 0 Å². The summed E-state index contributed by atoms with van der Waals surface area (Å²) in [7, 11) is 1.59. The van der Waals surface area contributed by atoms with Crippen molar-refractivity contribution in [1.82, 2.24) is 19.7 Å². The second-order valence-corrected chi connectivity index (χ2v) is 7.80. The van der Waals surface area contributed by atoms with Gasteiger partial charge < -0.3 is 10.2 Å². The van der Waals surface area contributed by atoms with E-state index in [4.69, 9.17) is 11.6 Å². The fourth-order valence-corrected chi connectivity index (χ4v) is 3.77. The molecule has 10 heteroatoms. The first-order valence-corrected chi connectivity index (χ1v) is 10.3. The Bertz CT molecular complexity index is 1050. The topological polar surface area (TPSA) is 80.1 Å². The van der Waals surface area contributed by atoms with Crippen molar-refractivity contribution >= 4 is 40.9 Å². The molecule has 0 atom stereocenters. The van der Waals surface area contributed by atoms with Crippen LogP contribution in [0.15, 0.2) is 53.9 Å². The smallest absolute Gasteiger partial charge is 0.233 e. The molecule has 2 aromatic carbocycles. The van der Waals surface area contributed by atoms with Crippen molar-refractivity contribution in [2.45, 2.75) is 18.6 Å². The van der Waals surface area contributed by atoms with E-state index in [1.807, 2.05) is 6.07 Å². The van der Waals surface area contributed by atoms with Gasteiger partial charge in [-0.1, -0.05) is 35.5 Å². The number of halogens is 2. The van der Waals surface area contributed by atoms with Gasteiger partial charge in [0, 0.05) is 36.8 Å². The summed E-state index contributed by atoms with van der Waals surface area (Å²) in [5.41, 5.74) is 1.66. The summed E-state index contributed by atoms with van der Waals surface area (Å²) in [5.74, 6) is -0.740. The number of anilines is 1. The highest BCUT2D eigenvalue weighted by Crippen LogP contribution is 2.23. The molecule has 0 fully saturated rings. The van der Waals surface area contributed by atoms with Gasteiger partial charge in [0.1, 0.15) is 12.1 Å². The van der Waals surface area contributed by atoms with Crippen LogP contribution in [0.3, 0.4) is 0 Å². The highest BCUT2D eigenvalue weighted by molar-refractivity contribution is 7.99. The van der Waals surface area contributed by atoms with Crippen molar-refractivity contribution in [3.8, 4) is 5.69 Å². The summed E-state index contributed by atoms with van der Waals surface area (Å²) in [6, 6.07) is 11.6. The van der Waals surface area contributed by atoms with Gasteiger partial charge in [-0.2, -0.15) is 0 Å². The Balaban J connectivity index is 1.67. The Hall–Kier alpha value is -2.91. The minimum absolute atomic E-state index is 0.0658. The number of carbonyl (C=O) groups is 2. The average Bonchev–Trinajstić information content (AvgIpc) is 3.17. The van der Waals surface area contributed by atoms with Crippen LogP contribution in [0.25, 0.3) is 5.69 Å². The van der Waals surface area contributed by atoms with Crippen molar-refractivity contribution in [2.24, 2.45) is 0 Å². The molecule has 3 rings (SSSR count). The summed E-state index contributed by atoms with van der Waals surface area (Å²) in [6.45, 7) is 1.50. The summed E-state index contributed by atoms with van der Waals surface area (Å²) < 4.78 is 15.7. The van der Waals surface area contributed by atoms with E-state index in [9.17, 15) is 14.0 Å². The van der Waals surface area contributed by atoms with Gasteiger partial charge in [0.25, 0.3) is 0 Å². The molecular weight excluding hydrogens is 429 g/mol. The van der Waals surface area contributed by atoms with Crippen LogP contribution >= 0.6 is 23.4 Å². The van der Waals surface area contributed by atoms with Gasteiger partial charge in [-0.25, -0.2) is 4.39 Å². The molecule has 0 aliphatic carbocycles. The van der Waals surface area contributed by atoms with Crippen LogP contribution in [-0.2, 0) is 16.1 Å². The van der Waals surface area contributed by atoms with Gasteiger partial charge in [-0.15, -0.1) is 10.2 Å². The summed E-state index contributed by atoms with van der Waals surface area (Å²) in [6.07, 6.45) is 1.53. The number of hydrogen-bond donors (Lipinski definition) is 1. The van der Waals surface area contributed by atoms with E-state index in [1.165, 1.54) is 42.0 Å². The molecule has 30 heavy (non-hydrogen) atoms. The van der Waals surface area contributed by atoms with Crippen LogP contribution in [0.1, 0.15) is 12.5 Å². The lowest BCUT2D eigenvalue weighted by Gasteiger charge is -2.18. The number of nitrogens with one attached hydrogen (secondary N) is 1. The monoisotopic (exact) mass is 447 g/mol. The minimum Gasteiger partial charge on any atom is -0.341 e. The molecule has 0 saturated carbocycles. The molecular formula is C20H19ClFN5O2S. The van der Waals surface area contributed by atoms with Crippen molar-refractivity contribution < 1.29 is 14.0 Å². The molecule has 1 N–H and O–H groups in total. The molecule has 0 radical (unpaired) electrons. The molecule has 1 heterocycles. The second-order valence-electron chi connectivity index (χ2n) is 6.45. The zero-order valence-electron chi connectivity index (χ0n) is 16.3. The lowest BCUT2D eigenvalue weighted by atomic mass is 10.2. The number of nitrogens with zero attached hydrogens (tertiary/aromatic N) is 4. The molecule has 3 aromatic rings. The van der Waals surface area contributed by atoms with Gasteiger partial charge in [0.05, 0.1) is 11.4 Å². The average molecular weight is 448 g/mol. The number of amides is 2. The van der Waals surface area contributed by atoms with Crippen molar-refractivity contribution in [3.63, 3.8) is 0 Å². The van der Waals surface area contributed by atoms with E-state index in [0.29, 0.717) is 10.8 Å². The van der Waals surface area contributed by atoms with Crippen molar-refractivity contribution in [3.05, 3.63) is 65.2 Å². The molecule has 0 bridgehead atoms. The van der Waals surface area contributed by atoms with E-state index < -0.39 is 5.82 Å². The Labute approximate surface area is 182 Å². The predicted molar refractivity (Wildman–Crippen MR) is 114 cm³/mol. The maximum absolute atomic E-state index is 14.0. The summed E-state index contributed by atoms with van der Waals surface area (Å²) in [5, 5.41) is 11.5. The van der Waals surface area contributed by atoms with Gasteiger partial charge >= 0.3 is 0 Å². The number of thioether (sulfide) groups is 1. The van der Waals surface area contributed by atoms with Crippen LogP contribution in [0.4, 0.5) is 10.1 Å². The highest BCUT2D eigenvalue weighted by Gasteiger charge is 2.16. The zero-order chi connectivity index (χ0) is 21.7. The fraction of sp³-hybridized carbons (Fsp3) is 0.200.